The standard InChI is InChI=1S/C24H26N4O4/c29-19(13-16-28-22(31)24(27-23(28)32)14-7-8-15-24)26-20(17-9-3-1-4-10-17)21(30)25-18-11-5-2-6-12-18/h1-6,9-12,20H,7-8,13-16H2,(H,25,30)(H,26,29)(H,27,32). The molecule has 2 fully saturated rings. The lowest BCUT2D eigenvalue weighted by molar-refractivity contribution is -0.132. The molecule has 8 nitrogen and oxygen atoms in total. The number of hydrogen-bond donors (Lipinski definition) is 3. The first-order chi connectivity index (χ1) is 15.5. The van der Waals surface area contributed by atoms with Gasteiger partial charge in [-0.25, -0.2) is 4.79 Å². The van der Waals surface area contributed by atoms with Crippen molar-refractivity contribution in [3.05, 3.63) is 66.2 Å². The zero-order chi connectivity index (χ0) is 22.6. The molecule has 2 aliphatic rings. The molecule has 2 aromatic rings. The maximum absolute atomic E-state index is 12.9. The van der Waals surface area contributed by atoms with Crippen molar-refractivity contribution in [1.82, 2.24) is 15.5 Å². The first-order valence-corrected chi connectivity index (χ1v) is 10.8. The molecule has 5 amide bonds. The number of nitrogens with zero attached hydrogens (tertiary/aromatic N) is 1. The molecule has 1 aliphatic heterocycles. The largest absolute Gasteiger partial charge is 0.340 e. The van der Waals surface area contributed by atoms with E-state index in [2.05, 4.69) is 16.0 Å². The third-order valence-corrected chi connectivity index (χ3v) is 6.01. The van der Waals surface area contributed by atoms with Gasteiger partial charge in [-0.1, -0.05) is 61.4 Å². The SMILES string of the molecule is O=C(CCN1C(=O)NC2(CCCC2)C1=O)NC(C(=O)Nc1ccccc1)c1ccccc1. The van der Waals surface area contributed by atoms with Gasteiger partial charge in [-0.05, 0) is 30.5 Å². The molecule has 1 saturated carbocycles. The van der Waals surface area contributed by atoms with Gasteiger partial charge in [0.15, 0.2) is 0 Å². The second kappa shape index (κ2) is 9.21. The van der Waals surface area contributed by atoms with E-state index in [1.807, 2.05) is 12.1 Å². The average Bonchev–Trinajstić information content (AvgIpc) is 3.36. The monoisotopic (exact) mass is 434 g/mol. The molecule has 0 aromatic heterocycles. The van der Waals surface area contributed by atoms with E-state index in [1.54, 1.807) is 48.5 Å². The Morgan fingerprint density at radius 2 is 1.59 bits per heavy atom. The maximum atomic E-state index is 12.9. The number of carbonyl (C=O) groups excluding carboxylic acids is 4. The summed E-state index contributed by atoms with van der Waals surface area (Å²) in [6, 6.07) is 16.5. The molecule has 1 spiro atoms. The summed E-state index contributed by atoms with van der Waals surface area (Å²) in [6.45, 7) is -0.0277. The van der Waals surface area contributed by atoms with Crippen molar-refractivity contribution < 1.29 is 19.2 Å². The van der Waals surface area contributed by atoms with Gasteiger partial charge in [-0.2, -0.15) is 0 Å². The second-order valence-electron chi connectivity index (χ2n) is 8.19. The summed E-state index contributed by atoms with van der Waals surface area (Å²) < 4.78 is 0. The molecule has 1 aliphatic carbocycles. The van der Waals surface area contributed by atoms with E-state index in [1.165, 1.54) is 0 Å². The van der Waals surface area contributed by atoms with Crippen LogP contribution in [0.2, 0.25) is 0 Å². The molecule has 1 atom stereocenters. The number of rotatable bonds is 7. The Morgan fingerprint density at radius 1 is 0.969 bits per heavy atom. The van der Waals surface area contributed by atoms with Crippen LogP contribution >= 0.6 is 0 Å². The number of amides is 5. The van der Waals surface area contributed by atoms with E-state index in [0.29, 0.717) is 24.1 Å². The van der Waals surface area contributed by atoms with Gasteiger partial charge < -0.3 is 16.0 Å². The van der Waals surface area contributed by atoms with Gasteiger partial charge in [-0.3, -0.25) is 19.3 Å². The molecule has 0 bridgehead atoms. The summed E-state index contributed by atoms with van der Waals surface area (Å²) >= 11 is 0. The third kappa shape index (κ3) is 4.49. The van der Waals surface area contributed by atoms with E-state index in [4.69, 9.17) is 0 Å². The van der Waals surface area contributed by atoms with Crippen molar-refractivity contribution in [2.24, 2.45) is 0 Å². The Morgan fingerprint density at radius 3 is 2.25 bits per heavy atom. The van der Waals surface area contributed by atoms with Crippen molar-refractivity contribution >= 4 is 29.4 Å². The molecule has 0 radical (unpaired) electrons. The summed E-state index contributed by atoms with van der Waals surface area (Å²) in [6.07, 6.45) is 2.98. The molecule has 3 N–H and O–H groups in total. The quantitative estimate of drug-likeness (QED) is 0.583. The van der Waals surface area contributed by atoms with E-state index in [0.717, 1.165) is 17.7 Å². The minimum atomic E-state index is -0.909. The lowest BCUT2D eigenvalue weighted by Crippen LogP contribution is -2.44. The summed E-state index contributed by atoms with van der Waals surface area (Å²) in [4.78, 5) is 51.8. The zero-order valence-corrected chi connectivity index (χ0v) is 17.7. The van der Waals surface area contributed by atoms with Crippen LogP contribution in [0.25, 0.3) is 0 Å². The van der Waals surface area contributed by atoms with Crippen LogP contribution in [0.3, 0.4) is 0 Å². The Hall–Kier alpha value is -3.68. The molecule has 1 unspecified atom stereocenters. The molecule has 32 heavy (non-hydrogen) atoms. The van der Waals surface area contributed by atoms with Crippen LogP contribution in [0.4, 0.5) is 10.5 Å². The van der Waals surface area contributed by atoms with Crippen molar-refractivity contribution in [3.63, 3.8) is 0 Å². The fourth-order valence-electron chi connectivity index (χ4n) is 4.32. The van der Waals surface area contributed by atoms with Crippen LogP contribution in [0.15, 0.2) is 60.7 Å². The van der Waals surface area contributed by atoms with Gasteiger partial charge in [0.25, 0.3) is 11.8 Å². The Bertz CT molecular complexity index is 1000. The minimum absolute atomic E-state index is 0.0277. The summed E-state index contributed by atoms with van der Waals surface area (Å²) in [5.41, 5.74) is 0.457. The number of hydrogen-bond acceptors (Lipinski definition) is 4. The van der Waals surface area contributed by atoms with Crippen LogP contribution in [0, 0.1) is 0 Å². The van der Waals surface area contributed by atoms with Crippen molar-refractivity contribution in [2.75, 3.05) is 11.9 Å². The van der Waals surface area contributed by atoms with Crippen molar-refractivity contribution in [1.29, 1.82) is 0 Å². The number of para-hydroxylation sites is 1. The molecular formula is C24H26N4O4. The number of carbonyl (C=O) groups is 4. The van der Waals surface area contributed by atoms with Gasteiger partial charge in [0.2, 0.25) is 5.91 Å². The van der Waals surface area contributed by atoms with Gasteiger partial charge in [0.1, 0.15) is 11.6 Å². The van der Waals surface area contributed by atoms with Crippen LogP contribution in [0.5, 0.6) is 0 Å². The number of benzene rings is 2. The highest BCUT2D eigenvalue weighted by Gasteiger charge is 2.52. The molecular weight excluding hydrogens is 408 g/mol. The fourth-order valence-corrected chi connectivity index (χ4v) is 4.32. The van der Waals surface area contributed by atoms with Crippen molar-refractivity contribution in [3.8, 4) is 0 Å². The molecule has 1 heterocycles. The third-order valence-electron chi connectivity index (χ3n) is 6.01. The van der Waals surface area contributed by atoms with Gasteiger partial charge in [0.05, 0.1) is 0 Å². The number of anilines is 1. The highest BCUT2D eigenvalue weighted by atomic mass is 16.2. The van der Waals surface area contributed by atoms with Gasteiger partial charge in [0, 0.05) is 18.7 Å². The number of imide groups is 1. The normalized spacial score (nSPS) is 17.8. The Kier molecular flexibility index (Phi) is 6.20. The van der Waals surface area contributed by atoms with E-state index in [9.17, 15) is 19.2 Å². The predicted octanol–water partition coefficient (Wildman–Crippen LogP) is 2.74. The molecule has 2 aromatic carbocycles. The van der Waals surface area contributed by atoms with Crippen LogP contribution < -0.4 is 16.0 Å². The van der Waals surface area contributed by atoms with E-state index < -0.39 is 23.5 Å². The van der Waals surface area contributed by atoms with Crippen LogP contribution in [-0.2, 0) is 14.4 Å². The van der Waals surface area contributed by atoms with Gasteiger partial charge >= 0.3 is 6.03 Å². The number of nitrogens with one attached hydrogen (secondary N) is 3. The molecule has 166 valence electrons. The molecule has 1 saturated heterocycles. The highest BCUT2D eigenvalue weighted by Crippen LogP contribution is 2.35. The Balaban J connectivity index is 1.41. The summed E-state index contributed by atoms with van der Waals surface area (Å²) in [7, 11) is 0. The summed E-state index contributed by atoms with van der Waals surface area (Å²) in [5.74, 6) is -1.06. The lowest BCUT2D eigenvalue weighted by atomic mass is 9.98. The molecule has 4 rings (SSSR count). The lowest BCUT2D eigenvalue weighted by Gasteiger charge is -2.21. The van der Waals surface area contributed by atoms with Crippen LogP contribution in [0.1, 0.15) is 43.7 Å². The topological polar surface area (TPSA) is 108 Å². The van der Waals surface area contributed by atoms with Crippen LogP contribution in [-0.4, -0.2) is 40.7 Å². The first kappa shape index (κ1) is 21.5. The predicted molar refractivity (Wildman–Crippen MR) is 118 cm³/mol. The Labute approximate surface area is 186 Å². The molecule has 8 heteroatoms. The summed E-state index contributed by atoms with van der Waals surface area (Å²) in [5, 5.41) is 8.36. The fraction of sp³-hybridized carbons (Fsp3) is 0.333. The smallest absolute Gasteiger partial charge is 0.325 e. The second-order valence-corrected chi connectivity index (χ2v) is 8.19. The van der Waals surface area contributed by atoms with E-state index in [-0.39, 0.29) is 24.8 Å². The van der Waals surface area contributed by atoms with Crippen molar-refractivity contribution in [2.45, 2.75) is 43.7 Å². The number of urea groups is 1. The zero-order valence-electron chi connectivity index (χ0n) is 17.7. The van der Waals surface area contributed by atoms with E-state index >= 15 is 0 Å². The maximum Gasteiger partial charge on any atom is 0.325 e. The average molecular weight is 434 g/mol. The highest BCUT2D eigenvalue weighted by molar-refractivity contribution is 6.07. The first-order valence-electron chi connectivity index (χ1n) is 10.8. The van der Waals surface area contributed by atoms with Gasteiger partial charge in [-0.15, -0.1) is 0 Å². The minimum Gasteiger partial charge on any atom is -0.340 e.